The van der Waals surface area contributed by atoms with Crippen LogP contribution in [0.25, 0.3) is 11.1 Å². The molecule has 0 spiro atoms. The number of pyridine rings is 1. The maximum atomic E-state index is 12.6. The number of halogens is 1. The van der Waals surface area contributed by atoms with E-state index in [1.165, 1.54) is 10.9 Å². The van der Waals surface area contributed by atoms with E-state index in [0.717, 1.165) is 0 Å². The van der Waals surface area contributed by atoms with E-state index >= 15 is 0 Å². The van der Waals surface area contributed by atoms with Gasteiger partial charge in [-0.15, -0.1) is 5.10 Å². The fourth-order valence-corrected chi connectivity index (χ4v) is 2.92. The van der Waals surface area contributed by atoms with Crippen molar-refractivity contribution in [1.82, 2.24) is 35.4 Å². The van der Waals surface area contributed by atoms with Crippen molar-refractivity contribution in [1.29, 1.82) is 0 Å². The summed E-state index contributed by atoms with van der Waals surface area (Å²) in [5.74, 6) is -0.477. The summed E-state index contributed by atoms with van der Waals surface area (Å²) in [5.41, 5.74) is 1.99. The van der Waals surface area contributed by atoms with Crippen molar-refractivity contribution < 1.29 is 9.59 Å². The number of hydrogen-bond donors (Lipinski definition) is 3. The Kier molecular flexibility index (Phi) is 5.18. The molecule has 0 atom stereocenters. The summed E-state index contributed by atoms with van der Waals surface area (Å²) in [6, 6.07) is 10.0. The SMILES string of the molecule is Cn1ncc(-c2ccc(C(=O)Nc3ncccc3Cl)cc2)c1C(=O)Nc1nn[nH]n1. The molecule has 0 aliphatic heterocycles. The van der Waals surface area contributed by atoms with Gasteiger partial charge in [0.15, 0.2) is 5.82 Å². The molecule has 2 amide bonds. The molecular formula is C18H14ClN9O2. The topological polar surface area (TPSA) is 143 Å². The van der Waals surface area contributed by atoms with Crippen LogP contribution in [-0.2, 0) is 7.05 Å². The van der Waals surface area contributed by atoms with Gasteiger partial charge in [0.25, 0.3) is 17.8 Å². The van der Waals surface area contributed by atoms with Crippen LogP contribution in [0.2, 0.25) is 5.02 Å². The largest absolute Gasteiger partial charge is 0.305 e. The Hall–Kier alpha value is -4.12. The van der Waals surface area contributed by atoms with Gasteiger partial charge >= 0.3 is 0 Å². The van der Waals surface area contributed by atoms with Gasteiger partial charge in [-0.2, -0.15) is 10.3 Å². The molecule has 0 saturated heterocycles. The highest BCUT2D eigenvalue weighted by molar-refractivity contribution is 6.33. The van der Waals surface area contributed by atoms with Crippen molar-refractivity contribution in [2.45, 2.75) is 0 Å². The molecule has 3 aromatic heterocycles. The Bertz CT molecular complexity index is 1200. The average molecular weight is 424 g/mol. The lowest BCUT2D eigenvalue weighted by Crippen LogP contribution is -2.18. The van der Waals surface area contributed by atoms with Crippen molar-refractivity contribution in [3.05, 3.63) is 65.1 Å². The minimum atomic E-state index is -0.446. The smallest absolute Gasteiger partial charge is 0.277 e. The zero-order valence-corrected chi connectivity index (χ0v) is 16.3. The molecule has 4 aromatic rings. The Labute approximate surface area is 174 Å². The number of rotatable bonds is 5. The summed E-state index contributed by atoms with van der Waals surface area (Å²) < 4.78 is 1.44. The lowest BCUT2D eigenvalue weighted by Gasteiger charge is -2.08. The Balaban J connectivity index is 1.55. The summed E-state index contributed by atoms with van der Waals surface area (Å²) in [7, 11) is 1.65. The molecule has 0 radical (unpaired) electrons. The first-order valence-electron chi connectivity index (χ1n) is 8.62. The number of nitrogens with zero attached hydrogens (tertiary/aromatic N) is 6. The molecule has 30 heavy (non-hydrogen) atoms. The standard InChI is InChI=1S/C18H14ClN9O2/c1-28-14(17(30)23-18-24-26-27-25-18)12(9-21-28)10-4-6-11(7-5-10)16(29)22-15-13(19)3-2-8-20-15/h2-9H,1H3,(H,20,22,29)(H2,23,24,25,26,27,30). The molecule has 1 aromatic carbocycles. The minimum Gasteiger partial charge on any atom is -0.305 e. The molecule has 0 bridgehead atoms. The number of aromatic nitrogens is 7. The van der Waals surface area contributed by atoms with Crippen molar-refractivity contribution in [2.75, 3.05) is 10.6 Å². The number of tetrazole rings is 1. The number of anilines is 2. The maximum absolute atomic E-state index is 12.6. The van der Waals surface area contributed by atoms with Crippen molar-refractivity contribution in [3.63, 3.8) is 0 Å². The number of nitrogens with one attached hydrogen (secondary N) is 3. The van der Waals surface area contributed by atoms with Crippen LogP contribution in [0.1, 0.15) is 20.8 Å². The Morgan fingerprint density at radius 1 is 1.10 bits per heavy atom. The second-order valence-electron chi connectivity index (χ2n) is 6.09. The highest BCUT2D eigenvalue weighted by Gasteiger charge is 2.20. The Morgan fingerprint density at radius 3 is 2.60 bits per heavy atom. The zero-order valence-electron chi connectivity index (χ0n) is 15.5. The van der Waals surface area contributed by atoms with Crippen molar-refractivity contribution >= 4 is 35.2 Å². The van der Waals surface area contributed by atoms with E-state index in [2.05, 4.69) is 41.3 Å². The van der Waals surface area contributed by atoms with Gasteiger partial charge in [-0.05, 0) is 35.0 Å². The first kappa shape index (κ1) is 19.2. The predicted molar refractivity (Wildman–Crippen MR) is 108 cm³/mol. The number of hydrogen-bond acceptors (Lipinski definition) is 7. The van der Waals surface area contributed by atoms with Gasteiger partial charge in [-0.25, -0.2) is 4.98 Å². The van der Waals surface area contributed by atoms with Crippen molar-refractivity contribution in [3.8, 4) is 11.1 Å². The molecule has 3 N–H and O–H groups in total. The lowest BCUT2D eigenvalue weighted by atomic mass is 10.0. The van der Waals surface area contributed by atoms with Crippen LogP contribution < -0.4 is 10.6 Å². The fraction of sp³-hybridized carbons (Fsp3) is 0.0556. The number of benzene rings is 1. The summed E-state index contributed by atoms with van der Waals surface area (Å²) in [5, 5.41) is 22.8. The first-order valence-corrected chi connectivity index (χ1v) is 9.00. The molecule has 11 nitrogen and oxygen atoms in total. The normalized spacial score (nSPS) is 10.6. The van der Waals surface area contributed by atoms with Crippen LogP contribution in [0.3, 0.4) is 0 Å². The van der Waals surface area contributed by atoms with Gasteiger partial charge in [-0.3, -0.25) is 19.6 Å². The highest BCUT2D eigenvalue weighted by atomic mass is 35.5. The third-order valence-corrected chi connectivity index (χ3v) is 4.48. The van der Waals surface area contributed by atoms with Crippen LogP contribution in [0.4, 0.5) is 11.8 Å². The minimum absolute atomic E-state index is 0.0485. The second-order valence-corrected chi connectivity index (χ2v) is 6.49. The molecule has 0 aliphatic rings. The van der Waals surface area contributed by atoms with Crippen molar-refractivity contribution in [2.24, 2.45) is 7.05 Å². The quantitative estimate of drug-likeness (QED) is 0.446. The summed E-state index contributed by atoms with van der Waals surface area (Å²) >= 11 is 6.02. The number of carbonyl (C=O) groups is 2. The summed E-state index contributed by atoms with van der Waals surface area (Å²) in [6.07, 6.45) is 3.10. The van der Waals surface area contributed by atoms with E-state index < -0.39 is 5.91 Å². The molecule has 0 saturated carbocycles. The van der Waals surface area contributed by atoms with Gasteiger partial charge in [0.05, 0.1) is 11.2 Å². The van der Waals surface area contributed by atoms with Crippen LogP contribution >= 0.6 is 11.6 Å². The van der Waals surface area contributed by atoms with Crippen LogP contribution in [0.5, 0.6) is 0 Å². The Morgan fingerprint density at radius 2 is 1.90 bits per heavy atom. The van der Waals surface area contributed by atoms with Gasteiger partial charge in [0, 0.05) is 24.4 Å². The van der Waals surface area contributed by atoms with E-state index in [4.69, 9.17) is 11.6 Å². The molecule has 0 unspecified atom stereocenters. The summed E-state index contributed by atoms with van der Waals surface area (Å²) in [6.45, 7) is 0. The molecule has 0 aliphatic carbocycles. The van der Waals surface area contributed by atoms with E-state index in [1.807, 2.05) is 0 Å². The van der Waals surface area contributed by atoms with Gasteiger partial charge in [0.2, 0.25) is 0 Å². The van der Waals surface area contributed by atoms with Crippen LogP contribution in [-0.4, -0.2) is 47.2 Å². The number of H-pyrrole nitrogens is 1. The van der Waals surface area contributed by atoms with E-state index in [-0.39, 0.29) is 17.7 Å². The number of aryl methyl sites for hydroxylation is 1. The maximum Gasteiger partial charge on any atom is 0.277 e. The first-order chi connectivity index (χ1) is 14.5. The second kappa shape index (κ2) is 8.09. The van der Waals surface area contributed by atoms with Crippen LogP contribution in [0, 0.1) is 0 Å². The fourth-order valence-electron chi connectivity index (χ4n) is 2.75. The number of carbonyl (C=O) groups excluding carboxylic acids is 2. The summed E-state index contributed by atoms with van der Waals surface area (Å²) in [4.78, 5) is 29.1. The number of aromatic amines is 1. The molecular weight excluding hydrogens is 410 g/mol. The van der Waals surface area contributed by atoms with Crippen LogP contribution in [0.15, 0.2) is 48.8 Å². The zero-order chi connectivity index (χ0) is 21.1. The van der Waals surface area contributed by atoms with Gasteiger partial charge in [-0.1, -0.05) is 28.8 Å². The molecule has 0 fully saturated rings. The average Bonchev–Trinajstić information content (AvgIpc) is 3.39. The molecule has 4 rings (SSSR count). The van der Waals surface area contributed by atoms with E-state index in [9.17, 15) is 9.59 Å². The lowest BCUT2D eigenvalue weighted by molar-refractivity contribution is 0.101. The van der Waals surface area contributed by atoms with E-state index in [0.29, 0.717) is 27.4 Å². The third-order valence-electron chi connectivity index (χ3n) is 4.17. The third kappa shape index (κ3) is 3.86. The monoisotopic (exact) mass is 423 g/mol. The van der Waals surface area contributed by atoms with Gasteiger partial charge < -0.3 is 5.32 Å². The van der Waals surface area contributed by atoms with Gasteiger partial charge in [0.1, 0.15) is 5.69 Å². The van der Waals surface area contributed by atoms with E-state index in [1.54, 1.807) is 49.6 Å². The molecule has 150 valence electrons. The molecule has 12 heteroatoms. The molecule has 3 heterocycles. The highest BCUT2D eigenvalue weighted by Crippen LogP contribution is 2.25. The predicted octanol–water partition coefficient (Wildman–Crippen LogP) is 2.15. The number of amides is 2.